The Labute approximate surface area is 220 Å². The number of para-hydroxylation sites is 1. The minimum Gasteiger partial charge on any atom is -0.481 e. The molecular weight excluding hydrogens is 509 g/mol. The highest BCUT2D eigenvalue weighted by Crippen LogP contribution is 2.35. The highest BCUT2D eigenvalue weighted by atomic mass is 35.5. The van der Waals surface area contributed by atoms with Gasteiger partial charge in [-0.3, -0.25) is 4.79 Å². The fourth-order valence-corrected chi connectivity index (χ4v) is 5.20. The number of amides is 1. The van der Waals surface area contributed by atoms with Gasteiger partial charge in [0.1, 0.15) is 5.82 Å². The van der Waals surface area contributed by atoms with Crippen LogP contribution in [0, 0.1) is 5.92 Å². The van der Waals surface area contributed by atoms with Crippen molar-refractivity contribution in [3.8, 4) is 5.75 Å². The van der Waals surface area contributed by atoms with Crippen LogP contribution in [0.15, 0.2) is 36.4 Å². The quantitative estimate of drug-likeness (QED) is 0.378. The van der Waals surface area contributed by atoms with Crippen LogP contribution >= 0.6 is 34.8 Å². The minimum absolute atomic E-state index is 0.161. The lowest BCUT2D eigenvalue weighted by Gasteiger charge is -2.29. The number of hydrogen-bond acceptors (Lipinski definition) is 6. The molecule has 1 aliphatic carbocycles. The van der Waals surface area contributed by atoms with Crippen molar-refractivity contribution >= 4 is 63.4 Å². The molecule has 1 heterocycles. The second-order valence-electron chi connectivity index (χ2n) is 8.94. The van der Waals surface area contributed by atoms with Crippen molar-refractivity contribution in [2.45, 2.75) is 31.7 Å². The topological polar surface area (TPSA) is 79.4 Å². The smallest absolute Gasteiger partial charge is 0.257 e. The molecular formula is C25H28Cl3N5O2. The first-order valence-corrected chi connectivity index (χ1v) is 12.7. The van der Waals surface area contributed by atoms with Gasteiger partial charge in [-0.15, -0.1) is 0 Å². The van der Waals surface area contributed by atoms with E-state index in [9.17, 15) is 4.79 Å². The van der Waals surface area contributed by atoms with E-state index < -0.39 is 0 Å². The van der Waals surface area contributed by atoms with Crippen molar-refractivity contribution in [1.82, 2.24) is 15.3 Å². The SMILES string of the molecule is CN(C)c1nc(N[C@H]2CC[C@@H](CNC(=O)COc3c(Cl)cc(Cl)cc3Cl)CC2)nc2ccccc12. The molecule has 1 aliphatic rings. The predicted molar refractivity (Wildman–Crippen MR) is 143 cm³/mol. The van der Waals surface area contributed by atoms with E-state index in [0.29, 0.717) is 29.5 Å². The summed E-state index contributed by atoms with van der Waals surface area (Å²) in [5.41, 5.74) is 0.925. The molecule has 1 amide bonds. The van der Waals surface area contributed by atoms with Gasteiger partial charge >= 0.3 is 0 Å². The molecule has 0 saturated heterocycles. The molecule has 1 aromatic heterocycles. The normalized spacial score (nSPS) is 17.7. The summed E-state index contributed by atoms with van der Waals surface area (Å²) in [4.78, 5) is 23.7. The third-order valence-corrected chi connectivity index (χ3v) is 6.86. The van der Waals surface area contributed by atoms with Crippen LogP contribution in [-0.2, 0) is 4.79 Å². The van der Waals surface area contributed by atoms with Crippen LogP contribution in [0.2, 0.25) is 15.1 Å². The van der Waals surface area contributed by atoms with Gasteiger partial charge in [-0.1, -0.05) is 46.9 Å². The molecule has 1 fully saturated rings. The molecule has 2 aromatic carbocycles. The minimum atomic E-state index is -0.215. The standard InChI is InChI=1S/C25H28Cl3N5O2/c1-33(2)24-18-5-3-4-6-21(18)31-25(32-24)30-17-9-7-15(8-10-17)13-29-22(34)14-35-23-19(27)11-16(26)12-20(23)28/h3-6,11-12,15,17H,7-10,13-14H2,1-2H3,(H,29,34)(H,30,31,32)/t15-,17+. The Morgan fingerprint density at radius 1 is 1.06 bits per heavy atom. The molecule has 10 heteroatoms. The maximum Gasteiger partial charge on any atom is 0.257 e. The Bertz CT molecular complexity index is 1180. The summed E-state index contributed by atoms with van der Waals surface area (Å²) in [5, 5.41) is 8.46. The molecule has 0 bridgehead atoms. The van der Waals surface area contributed by atoms with Crippen LogP contribution in [0.1, 0.15) is 25.7 Å². The second kappa shape index (κ2) is 11.5. The number of benzene rings is 2. The highest BCUT2D eigenvalue weighted by Gasteiger charge is 2.23. The second-order valence-corrected chi connectivity index (χ2v) is 10.2. The van der Waals surface area contributed by atoms with Crippen LogP contribution in [0.3, 0.4) is 0 Å². The van der Waals surface area contributed by atoms with Crippen molar-refractivity contribution in [3.63, 3.8) is 0 Å². The summed E-state index contributed by atoms with van der Waals surface area (Å²) < 4.78 is 5.50. The molecule has 0 unspecified atom stereocenters. The zero-order valence-electron chi connectivity index (χ0n) is 19.7. The number of ether oxygens (including phenoxy) is 1. The average Bonchev–Trinajstić information content (AvgIpc) is 2.82. The van der Waals surface area contributed by atoms with Gasteiger partial charge in [-0.2, -0.15) is 4.98 Å². The third kappa shape index (κ3) is 6.60. The van der Waals surface area contributed by atoms with Gasteiger partial charge in [0.15, 0.2) is 12.4 Å². The van der Waals surface area contributed by atoms with Gasteiger partial charge in [-0.05, 0) is 55.9 Å². The number of halogens is 3. The van der Waals surface area contributed by atoms with Gasteiger partial charge in [0.25, 0.3) is 5.91 Å². The van der Waals surface area contributed by atoms with Crippen LogP contribution in [-0.4, -0.2) is 49.2 Å². The fourth-order valence-electron chi connectivity index (χ4n) is 4.27. The van der Waals surface area contributed by atoms with Crippen molar-refractivity contribution in [3.05, 3.63) is 51.5 Å². The highest BCUT2D eigenvalue weighted by molar-refractivity contribution is 6.40. The number of rotatable bonds is 8. The van der Waals surface area contributed by atoms with Crippen molar-refractivity contribution in [1.29, 1.82) is 0 Å². The molecule has 0 spiro atoms. The summed E-state index contributed by atoms with van der Waals surface area (Å²) in [6.45, 7) is 0.444. The molecule has 0 aliphatic heterocycles. The molecule has 7 nitrogen and oxygen atoms in total. The van der Waals surface area contributed by atoms with Crippen LogP contribution in [0.25, 0.3) is 10.9 Å². The fraction of sp³-hybridized carbons (Fsp3) is 0.400. The zero-order valence-corrected chi connectivity index (χ0v) is 21.9. The number of nitrogens with zero attached hydrogens (tertiary/aromatic N) is 3. The average molecular weight is 537 g/mol. The van der Waals surface area contributed by atoms with Crippen molar-refractivity contribution in [2.75, 3.05) is 37.5 Å². The van der Waals surface area contributed by atoms with E-state index in [1.54, 1.807) is 0 Å². The van der Waals surface area contributed by atoms with E-state index in [1.807, 2.05) is 43.3 Å². The summed E-state index contributed by atoms with van der Waals surface area (Å²) >= 11 is 18.1. The Morgan fingerprint density at radius 3 is 2.43 bits per heavy atom. The molecule has 2 N–H and O–H groups in total. The Kier molecular flexibility index (Phi) is 8.42. The molecule has 4 rings (SSSR count). The molecule has 186 valence electrons. The first kappa shape index (κ1) is 25.6. The number of hydrogen-bond donors (Lipinski definition) is 2. The maximum absolute atomic E-state index is 12.3. The predicted octanol–water partition coefficient (Wildman–Crippen LogP) is 5.82. The summed E-state index contributed by atoms with van der Waals surface area (Å²) in [6, 6.07) is 11.4. The number of carbonyl (C=O) groups excluding carboxylic acids is 1. The number of aromatic nitrogens is 2. The van der Waals surface area contributed by atoms with Crippen molar-refractivity contribution in [2.24, 2.45) is 5.92 Å². The first-order valence-electron chi connectivity index (χ1n) is 11.5. The van der Waals surface area contributed by atoms with Crippen LogP contribution < -0.4 is 20.3 Å². The first-order chi connectivity index (χ1) is 16.8. The summed E-state index contributed by atoms with van der Waals surface area (Å²) in [6.07, 6.45) is 3.98. The largest absolute Gasteiger partial charge is 0.481 e. The van der Waals surface area contributed by atoms with Gasteiger partial charge in [0.05, 0.1) is 15.6 Å². The number of carbonyl (C=O) groups is 1. The van der Waals surface area contributed by atoms with Gasteiger partial charge in [0.2, 0.25) is 5.95 Å². The maximum atomic E-state index is 12.3. The Morgan fingerprint density at radius 2 is 1.74 bits per heavy atom. The number of nitrogens with one attached hydrogen (secondary N) is 2. The lowest BCUT2D eigenvalue weighted by Crippen LogP contribution is -2.36. The summed E-state index contributed by atoms with van der Waals surface area (Å²) in [5.74, 6) is 2.01. The molecule has 35 heavy (non-hydrogen) atoms. The van der Waals surface area contributed by atoms with Gasteiger partial charge in [0, 0.05) is 37.1 Å². The molecule has 1 saturated carbocycles. The number of fused-ring (bicyclic) bond motifs is 1. The molecule has 3 aromatic rings. The lowest BCUT2D eigenvalue weighted by molar-refractivity contribution is -0.123. The van der Waals surface area contributed by atoms with E-state index >= 15 is 0 Å². The van der Waals surface area contributed by atoms with E-state index in [4.69, 9.17) is 49.5 Å². The van der Waals surface area contributed by atoms with E-state index in [2.05, 4.69) is 10.6 Å². The molecule has 0 radical (unpaired) electrons. The zero-order chi connectivity index (χ0) is 24.9. The van der Waals surface area contributed by atoms with E-state index in [1.165, 1.54) is 12.1 Å². The van der Waals surface area contributed by atoms with E-state index in [0.717, 1.165) is 42.4 Å². The van der Waals surface area contributed by atoms with Crippen LogP contribution in [0.5, 0.6) is 5.75 Å². The van der Waals surface area contributed by atoms with Crippen molar-refractivity contribution < 1.29 is 9.53 Å². The van der Waals surface area contributed by atoms with Gasteiger partial charge < -0.3 is 20.3 Å². The Balaban J connectivity index is 1.24. The number of anilines is 2. The third-order valence-electron chi connectivity index (χ3n) is 6.09. The summed E-state index contributed by atoms with van der Waals surface area (Å²) in [7, 11) is 3.98. The lowest BCUT2D eigenvalue weighted by atomic mass is 9.86. The molecule has 0 atom stereocenters. The van der Waals surface area contributed by atoms with E-state index in [-0.39, 0.29) is 28.3 Å². The monoisotopic (exact) mass is 535 g/mol. The van der Waals surface area contributed by atoms with Crippen LogP contribution in [0.4, 0.5) is 11.8 Å². The Hall–Kier alpha value is -2.48. The van der Waals surface area contributed by atoms with Gasteiger partial charge in [-0.25, -0.2) is 4.98 Å².